The number of nitrogens with one attached hydrogen (secondary N) is 1. The van der Waals surface area contributed by atoms with Crippen LogP contribution in [0.3, 0.4) is 0 Å². The van der Waals surface area contributed by atoms with Gasteiger partial charge in [-0.15, -0.1) is 0 Å². The van der Waals surface area contributed by atoms with Crippen molar-refractivity contribution in [3.8, 4) is 6.07 Å². The third-order valence-electron chi connectivity index (χ3n) is 5.74. The predicted molar refractivity (Wildman–Crippen MR) is 136 cm³/mol. The predicted octanol–water partition coefficient (Wildman–Crippen LogP) is 7.16. The Morgan fingerprint density at radius 2 is 1.70 bits per heavy atom. The number of benzene rings is 3. The van der Waals surface area contributed by atoms with Crippen molar-refractivity contribution in [3.05, 3.63) is 105 Å². The molecule has 0 unspecified atom stereocenters. The Bertz CT molecular complexity index is 1440. The number of amides is 1. The molecular formula is C27H21Cl2N3O. The van der Waals surface area contributed by atoms with Crippen LogP contribution < -0.4 is 5.32 Å². The third-order valence-corrected chi connectivity index (χ3v) is 6.51. The van der Waals surface area contributed by atoms with Crippen molar-refractivity contribution in [2.45, 2.75) is 20.4 Å². The van der Waals surface area contributed by atoms with Crippen LogP contribution in [-0.2, 0) is 11.3 Å². The summed E-state index contributed by atoms with van der Waals surface area (Å²) in [6, 6.07) is 23.0. The molecule has 0 saturated carbocycles. The molecule has 0 atom stereocenters. The summed E-state index contributed by atoms with van der Waals surface area (Å²) in [5.74, 6) is -0.481. The molecule has 0 aliphatic carbocycles. The molecule has 164 valence electrons. The van der Waals surface area contributed by atoms with Gasteiger partial charge in [-0.05, 0) is 55.3 Å². The van der Waals surface area contributed by atoms with Gasteiger partial charge < -0.3 is 9.88 Å². The molecular weight excluding hydrogens is 453 g/mol. The zero-order valence-electron chi connectivity index (χ0n) is 18.2. The molecule has 4 rings (SSSR count). The molecule has 0 radical (unpaired) electrons. The Morgan fingerprint density at radius 3 is 2.45 bits per heavy atom. The summed E-state index contributed by atoms with van der Waals surface area (Å²) in [6.07, 6.45) is 1.65. The highest BCUT2D eigenvalue weighted by Gasteiger charge is 2.17. The monoisotopic (exact) mass is 473 g/mol. The first-order chi connectivity index (χ1) is 15.9. The van der Waals surface area contributed by atoms with Gasteiger partial charge in [0.2, 0.25) is 0 Å². The molecule has 0 spiro atoms. The van der Waals surface area contributed by atoms with E-state index < -0.39 is 5.91 Å². The van der Waals surface area contributed by atoms with E-state index in [4.69, 9.17) is 23.2 Å². The van der Waals surface area contributed by atoms with Gasteiger partial charge >= 0.3 is 0 Å². The maximum Gasteiger partial charge on any atom is 0.266 e. The van der Waals surface area contributed by atoms with E-state index in [-0.39, 0.29) is 5.57 Å². The van der Waals surface area contributed by atoms with E-state index in [0.717, 1.165) is 33.3 Å². The molecule has 0 aliphatic rings. The summed E-state index contributed by atoms with van der Waals surface area (Å²) < 4.78 is 2.15. The van der Waals surface area contributed by atoms with Crippen molar-refractivity contribution < 1.29 is 4.79 Å². The van der Waals surface area contributed by atoms with Gasteiger partial charge in [0.1, 0.15) is 11.6 Å². The number of rotatable bonds is 5. The number of fused-ring (bicyclic) bond motifs is 1. The minimum Gasteiger partial charge on any atom is -0.340 e. The molecule has 0 bridgehead atoms. The van der Waals surface area contributed by atoms with Crippen LogP contribution in [0.2, 0.25) is 10.0 Å². The number of para-hydroxylation sites is 1. The number of hydrogen-bond donors (Lipinski definition) is 1. The summed E-state index contributed by atoms with van der Waals surface area (Å²) in [5, 5.41) is 14.8. The van der Waals surface area contributed by atoms with Crippen molar-refractivity contribution in [3.63, 3.8) is 0 Å². The fourth-order valence-electron chi connectivity index (χ4n) is 3.87. The molecule has 0 saturated heterocycles. The lowest BCUT2D eigenvalue weighted by Gasteiger charge is -2.10. The molecule has 1 aromatic heterocycles. The third kappa shape index (κ3) is 4.52. The lowest BCUT2D eigenvalue weighted by molar-refractivity contribution is -0.112. The molecule has 6 heteroatoms. The molecule has 3 aromatic carbocycles. The number of carbonyl (C=O) groups is 1. The van der Waals surface area contributed by atoms with E-state index in [2.05, 4.69) is 16.0 Å². The summed E-state index contributed by atoms with van der Waals surface area (Å²) in [7, 11) is 0. The van der Waals surface area contributed by atoms with Crippen LogP contribution in [0.1, 0.15) is 22.4 Å². The highest BCUT2D eigenvalue weighted by atomic mass is 35.5. The zero-order valence-corrected chi connectivity index (χ0v) is 19.7. The summed E-state index contributed by atoms with van der Waals surface area (Å²) in [6.45, 7) is 4.38. The van der Waals surface area contributed by atoms with Crippen LogP contribution in [0.25, 0.3) is 17.0 Å². The fraction of sp³-hybridized carbons (Fsp3) is 0.111. The minimum atomic E-state index is -0.481. The van der Waals surface area contributed by atoms with Crippen LogP contribution >= 0.6 is 23.2 Å². The van der Waals surface area contributed by atoms with Crippen LogP contribution in [0.15, 0.2) is 72.3 Å². The molecule has 0 fully saturated rings. The number of anilines is 1. The van der Waals surface area contributed by atoms with Crippen molar-refractivity contribution in [2.75, 3.05) is 5.32 Å². The Hall–Kier alpha value is -3.52. The van der Waals surface area contributed by atoms with Crippen LogP contribution in [0.4, 0.5) is 5.69 Å². The number of nitriles is 1. The molecule has 4 nitrogen and oxygen atoms in total. The quantitative estimate of drug-likeness (QED) is 0.247. The van der Waals surface area contributed by atoms with Gasteiger partial charge in [-0.2, -0.15) is 5.26 Å². The van der Waals surface area contributed by atoms with Crippen molar-refractivity contribution >= 4 is 51.8 Å². The summed E-state index contributed by atoms with van der Waals surface area (Å²) in [4.78, 5) is 12.9. The summed E-state index contributed by atoms with van der Waals surface area (Å²) >= 11 is 12.6. The number of carbonyl (C=O) groups excluding carboxylic acids is 1. The zero-order chi connectivity index (χ0) is 23.5. The van der Waals surface area contributed by atoms with E-state index in [1.54, 1.807) is 24.3 Å². The highest BCUT2D eigenvalue weighted by molar-refractivity contribution is 6.32. The number of halogens is 2. The van der Waals surface area contributed by atoms with Crippen LogP contribution in [0.5, 0.6) is 0 Å². The lowest BCUT2D eigenvalue weighted by atomic mass is 10.1. The lowest BCUT2D eigenvalue weighted by Crippen LogP contribution is -2.14. The number of nitrogens with zero attached hydrogens (tertiary/aromatic N) is 2. The largest absolute Gasteiger partial charge is 0.340 e. The normalized spacial score (nSPS) is 11.4. The fourth-order valence-corrected chi connectivity index (χ4v) is 4.24. The van der Waals surface area contributed by atoms with Gasteiger partial charge in [-0.25, -0.2) is 0 Å². The van der Waals surface area contributed by atoms with Crippen LogP contribution in [-0.4, -0.2) is 10.5 Å². The molecule has 0 aliphatic heterocycles. The maximum atomic E-state index is 12.9. The maximum absolute atomic E-state index is 12.9. The van der Waals surface area contributed by atoms with E-state index in [1.807, 2.05) is 62.4 Å². The van der Waals surface area contributed by atoms with E-state index in [0.29, 0.717) is 22.3 Å². The second-order valence-corrected chi connectivity index (χ2v) is 8.54. The molecule has 33 heavy (non-hydrogen) atoms. The standard InChI is InChI=1S/C27H21Cl2N3O/c1-17-23(28)11-7-12-25(17)31-27(33)20(15-30)14-22-18(2)32(26-13-6-4-9-21(22)26)16-19-8-3-5-10-24(19)29/h3-14H,16H2,1-2H3,(H,31,33)/b20-14+. The van der Waals surface area contributed by atoms with Crippen molar-refractivity contribution in [2.24, 2.45) is 0 Å². The Balaban J connectivity index is 1.76. The highest BCUT2D eigenvalue weighted by Crippen LogP contribution is 2.30. The van der Waals surface area contributed by atoms with Crippen molar-refractivity contribution in [1.29, 1.82) is 5.26 Å². The SMILES string of the molecule is Cc1c(Cl)cccc1NC(=O)/C(C#N)=C/c1c(C)n(Cc2ccccc2Cl)c2ccccc12. The summed E-state index contributed by atoms with van der Waals surface area (Å²) in [5.41, 5.74) is 5.10. The Morgan fingerprint density at radius 1 is 1.00 bits per heavy atom. The van der Waals surface area contributed by atoms with E-state index in [9.17, 15) is 10.1 Å². The van der Waals surface area contributed by atoms with Gasteiger partial charge in [0.25, 0.3) is 5.91 Å². The second-order valence-electron chi connectivity index (χ2n) is 7.73. The van der Waals surface area contributed by atoms with E-state index in [1.165, 1.54) is 0 Å². The Kier molecular flexibility index (Phi) is 6.55. The molecule has 4 aromatic rings. The van der Waals surface area contributed by atoms with Gasteiger partial charge in [0, 0.05) is 44.4 Å². The first-order valence-corrected chi connectivity index (χ1v) is 11.2. The first kappa shape index (κ1) is 22.7. The van der Waals surface area contributed by atoms with Crippen LogP contribution in [0, 0.1) is 25.2 Å². The van der Waals surface area contributed by atoms with Gasteiger partial charge in [-0.3, -0.25) is 4.79 Å². The average Bonchev–Trinajstić information content (AvgIpc) is 3.07. The van der Waals surface area contributed by atoms with Gasteiger partial charge in [0.05, 0.1) is 0 Å². The van der Waals surface area contributed by atoms with Gasteiger partial charge in [-0.1, -0.05) is 65.7 Å². The minimum absolute atomic E-state index is 0.0122. The number of hydrogen-bond acceptors (Lipinski definition) is 2. The first-order valence-electron chi connectivity index (χ1n) is 10.4. The molecule has 1 N–H and O–H groups in total. The van der Waals surface area contributed by atoms with Gasteiger partial charge in [0.15, 0.2) is 0 Å². The smallest absolute Gasteiger partial charge is 0.266 e. The van der Waals surface area contributed by atoms with E-state index >= 15 is 0 Å². The Labute approximate surface area is 202 Å². The molecule has 1 heterocycles. The van der Waals surface area contributed by atoms with Crippen molar-refractivity contribution in [1.82, 2.24) is 4.57 Å². The second kappa shape index (κ2) is 9.54. The average molecular weight is 474 g/mol. The molecule has 1 amide bonds. The topological polar surface area (TPSA) is 57.8 Å². The number of aromatic nitrogens is 1.